The highest BCUT2D eigenvalue weighted by molar-refractivity contribution is 5.38. The highest BCUT2D eigenvalue weighted by atomic mass is 19.1. The van der Waals surface area contributed by atoms with Crippen LogP contribution in [0.15, 0.2) is 6.33 Å². The molecule has 2 fully saturated rings. The summed E-state index contributed by atoms with van der Waals surface area (Å²) < 4.78 is 19.6. The zero-order valence-corrected chi connectivity index (χ0v) is 12.5. The van der Waals surface area contributed by atoms with Crippen molar-refractivity contribution in [3.05, 3.63) is 17.8 Å². The highest BCUT2D eigenvalue weighted by Crippen LogP contribution is 2.22. The lowest BCUT2D eigenvalue weighted by Crippen LogP contribution is -2.45. The number of piperidine rings is 1. The Morgan fingerprint density at radius 2 is 2.14 bits per heavy atom. The van der Waals surface area contributed by atoms with E-state index in [9.17, 15) is 4.39 Å². The van der Waals surface area contributed by atoms with E-state index < -0.39 is 0 Å². The van der Waals surface area contributed by atoms with Crippen LogP contribution in [0.2, 0.25) is 0 Å². The van der Waals surface area contributed by atoms with E-state index in [1.54, 1.807) is 0 Å². The van der Waals surface area contributed by atoms with Gasteiger partial charge in [0, 0.05) is 31.8 Å². The maximum absolute atomic E-state index is 14.1. The second kappa shape index (κ2) is 6.66. The predicted octanol–water partition coefficient (Wildman–Crippen LogP) is 1.84. The second-order valence-corrected chi connectivity index (χ2v) is 5.81. The van der Waals surface area contributed by atoms with E-state index in [1.165, 1.54) is 6.33 Å². The van der Waals surface area contributed by atoms with Crippen LogP contribution >= 0.6 is 0 Å². The minimum atomic E-state index is -0.299. The van der Waals surface area contributed by atoms with Crippen LogP contribution in [0.25, 0.3) is 0 Å². The molecule has 0 saturated carbocycles. The van der Waals surface area contributed by atoms with Gasteiger partial charge in [0.1, 0.15) is 6.33 Å². The topological polar surface area (TPSA) is 50.3 Å². The monoisotopic (exact) mass is 294 g/mol. The number of anilines is 1. The number of hydrogen-bond donors (Lipinski definition) is 1. The van der Waals surface area contributed by atoms with Gasteiger partial charge in [0.25, 0.3) is 0 Å². The first-order valence-electron chi connectivity index (χ1n) is 7.85. The van der Waals surface area contributed by atoms with E-state index in [0.717, 1.165) is 45.6 Å². The smallest absolute Gasteiger partial charge is 0.186 e. The summed E-state index contributed by atoms with van der Waals surface area (Å²) in [7, 11) is 0. The first-order chi connectivity index (χ1) is 10.3. The van der Waals surface area contributed by atoms with Gasteiger partial charge < -0.3 is 10.1 Å². The summed E-state index contributed by atoms with van der Waals surface area (Å²) in [5.41, 5.74) is 0.480. The maximum atomic E-state index is 14.1. The van der Waals surface area contributed by atoms with Gasteiger partial charge in [-0.05, 0) is 25.7 Å². The van der Waals surface area contributed by atoms with Crippen molar-refractivity contribution in [3.63, 3.8) is 0 Å². The number of aryl methyl sites for hydroxylation is 1. The molecule has 3 rings (SSSR count). The Morgan fingerprint density at radius 1 is 1.33 bits per heavy atom. The van der Waals surface area contributed by atoms with Crippen molar-refractivity contribution < 1.29 is 9.13 Å². The minimum Gasteiger partial charge on any atom is -0.380 e. The third-order valence-corrected chi connectivity index (χ3v) is 4.49. The van der Waals surface area contributed by atoms with Gasteiger partial charge in [0.05, 0.1) is 12.3 Å². The molecule has 116 valence electrons. The number of aromatic nitrogens is 2. The number of nitrogens with one attached hydrogen (secondary N) is 1. The fourth-order valence-corrected chi connectivity index (χ4v) is 3.17. The molecule has 0 amide bonds. The summed E-state index contributed by atoms with van der Waals surface area (Å²) >= 11 is 0. The largest absolute Gasteiger partial charge is 0.380 e. The summed E-state index contributed by atoms with van der Waals surface area (Å²) in [6, 6.07) is 0.867. The molecule has 6 heteroatoms. The standard InChI is InChI=1S/C15H23FN4O/c1-2-13-14(16)15(18-10-17-13)19-11-3-6-20(7-4-11)12-5-8-21-9-12/h10-12H,2-9H2,1H3,(H,17,18,19). The van der Waals surface area contributed by atoms with Crippen molar-refractivity contribution in [2.75, 3.05) is 31.6 Å². The van der Waals surface area contributed by atoms with Crippen LogP contribution in [-0.2, 0) is 11.2 Å². The Morgan fingerprint density at radius 3 is 2.81 bits per heavy atom. The quantitative estimate of drug-likeness (QED) is 0.918. The zero-order chi connectivity index (χ0) is 14.7. The van der Waals surface area contributed by atoms with Crippen LogP contribution < -0.4 is 5.32 Å². The first-order valence-corrected chi connectivity index (χ1v) is 7.85. The fourth-order valence-electron chi connectivity index (χ4n) is 3.17. The molecule has 5 nitrogen and oxygen atoms in total. The number of rotatable bonds is 4. The van der Waals surface area contributed by atoms with E-state index in [2.05, 4.69) is 20.2 Å². The van der Waals surface area contributed by atoms with Gasteiger partial charge in [-0.2, -0.15) is 0 Å². The van der Waals surface area contributed by atoms with Crippen LogP contribution in [0.5, 0.6) is 0 Å². The van der Waals surface area contributed by atoms with E-state index >= 15 is 0 Å². The summed E-state index contributed by atoms with van der Waals surface area (Å²) in [5, 5.41) is 3.25. The highest BCUT2D eigenvalue weighted by Gasteiger charge is 2.28. The predicted molar refractivity (Wildman–Crippen MR) is 78.8 cm³/mol. The van der Waals surface area contributed by atoms with E-state index in [-0.39, 0.29) is 11.9 Å². The minimum absolute atomic E-state index is 0.290. The average molecular weight is 294 g/mol. The molecular formula is C15H23FN4O. The number of likely N-dealkylation sites (tertiary alicyclic amines) is 1. The SMILES string of the molecule is CCc1ncnc(NC2CCN(C3CCOC3)CC2)c1F. The van der Waals surface area contributed by atoms with Crippen molar-refractivity contribution in [3.8, 4) is 0 Å². The fraction of sp³-hybridized carbons (Fsp3) is 0.733. The number of ether oxygens (including phenoxy) is 1. The Hall–Kier alpha value is -1.27. The molecule has 1 aromatic heterocycles. The van der Waals surface area contributed by atoms with E-state index in [4.69, 9.17) is 4.74 Å². The van der Waals surface area contributed by atoms with Crippen LogP contribution in [0.1, 0.15) is 31.9 Å². The van der Waals surface area contributed by atoms with Crippen LogP contribution in [0.3, 0.4) is 0 Å². The molecule has 1 atom stereocenters. The normalized spacial score (nSPS) is 24.4. The first kappa shape index (κ1) is 14.7. The van der Waals surface area contributed by atoms with Gasteiger partial charge in [-0.15, -0.1) is 0 Å². The molecule has 0 aliphatic carbocycles. The lowest BCUT2D eigenvalue weighted by atomic mass is 10.0. The van der Waals surface area contributed by atoms with Crippen LogP contribution in [0.4, 0.5) is 10.2 Å². The second-order valence-electron chi connectivity index (χ2n) is 5.81. The van der Waals surface area contributed by atoms with Crippen molar-refractivity contribution in [1.29, 1.82) is 0 Å². The van der Waals surface area contributed by atoms with Crippen molar-refractivity contribution >= 4 is 5.82 Å². The average Bonchev–Trinajstić information content (AvgIpc) is 3.04. The molecule has 2 aliphatic heterocycles. The summed E-state index contributed by atoms with van der Waals surface area (Å²) in [4.78, 5) is 10.5. The van der Waals surface area contributed by atoms with Gasteiger partial charge >= 0.3 is 0 Å². The lowest BCUT2D eigenvalue weighted by Gasteiger charge is -2.35. The Kier molecular flexibility index (Phi) is 4.65. The molecule has 1 N–H and O–H groups in total. The Balaban J connectivity index is 1.55. The van der Waals surface area contributed by atoms with Crippen molar-refractivity contribution in [2.45, 2.75) is 44.7 Å². The molecule has 1 aromatic rings. The van der Waals surface area contributed by atoms with Gasteiger partial charge in [-0.25, -0.2) is 14.4 Å². The Bertz CT molecular complexity index is 471. The maximum Gasteiger partial charge on any atom is 0.186 e. The molecular weight excluding hydrogens is 271 g/mol. The molecule has 2 aliphatic rings. The molecule has 0 radical (unpaired) electrons. The van der Waals surface area contributed by atoms with Gasteiger partial charge in [-0.1, -0.05) is 6.92 Å². The molecule has 0 aromatic carbocycles. The van der Waals surface area contributed by atoms with Crippen molar-refractivity contribution in [2.24, 2.45) is 0 Å². The van der Waals surface area contributed by atoms with E-state index in [0.29, 0.717) is 24.0 Å². The van der Waals surface area contributed by atoms with Gasteiger partial charge in [-0.3, -0.25) is 4.90 Å². The molecule has 0 bridgehead atoms. The van der Waals surface area contributed by atoms with Crippen LogP contribution in [-0.4, -0.2) is 53.3 Å². The van der Waals surface area contributed by atoms with E-state index in [1.807, 2.05) is 6.92 Å². The lowest BCUT2D eigenvalue weighted by molar-refractivity contribution is 0.124. The van der Waals surface area contributed by atoms with Crippen LogP contribution in [0, 0.1) is 5.82 Å². The molecule has 0 spiro atoms. The van der Waals surface area contributed by atoms with Crippen molar-refractivity contribution in [1.82, 2.24) is 14.9 Å². The molecule has 3 heterocycles. The molecule has 2 saturated heterocycles. The number of nitrogens with zero attached hydrogens (tertiary/aromatic N) is 3. The number of hydrogen-bond acceptors (Lipinski definition) is 5. The Labute approximate surface area is 124 Å². The van der Waals surface area contributed by atoms with Gasteiger partial charge in [0.2, 0.25) is 0 Å². The van der Waals surface area contributed by atoms with Gasteiger partial charge in [0.15, 0.2) is 11.6 Å². The zero-order valence-electron chi connectivity index (χ0n) is 12.5. The summed E-state index contributed by atoms with van der Waals surface area (Å²) in [6.07, 6.45) is 5.19. The summed E-state index contributed by atoms with van der Waals surface area (Å²) in [6.45, 7) is 5.72. The summed E-state index contributed by atoms with van der Waals surface area (Å²) in [5.74, 6) is 0.0520. The molecule has 1 unspecified atom stereocenters. The third-order valence-electron chi connectivity index (χ3n) is 4.49. The number of halogens is 1. The third kappa shape index (κ3) is 3.32. The molecule has 21 heavy (non-hydrogen) atoms.